The third-order valence-electron chi connectivity index (χ3n) is 6.63. The number of aromatic nitrogens is 2. The molecule has 0 radical (unpaired) electrons. The van der Waals surface area contributed by atoms with E-state index in [1.165, 1.54) is 23.1 Å². The lowest BCUT2D eigenvalue weighted by Gasteiger charge is -2.38. The van der Waals surface area contributed by atoms with Gasteiger partial charge in [-0.3, -0.25) is 14.5 Å². The van der Waals surface area contributed by atoms with E-state index < -0.39 is 5.92 Å². The van der Waals surface area contributed by atoms with Crippen LogP contribution < -0.4 is 15.4 Å². The number of anilines is 1. The van der Waals surface area contributed by atoms with Crippen molar-refractivity contribution in [2.75, 3.05) is 17.8 Å². The number of benzene rings is 2. The number of aryl methyl sites for hydroxylation is 1. The molecule has 1 aliphatic heterocycles. The summed E-state index contributed by atoms with van der Waals surface area (Å²) in [5.41, 5.74) is 10.7. The summed E-state index contributed by atoms with van der Waals surface area (Å²) in [4.78, 5) is 27.6. The quantitative estimate of drug-likeness (QED) is 0.319. The van der Waals surface area contributed by atoms with Crippen molar-refractivity contribution in [3.8, 4) is 11.8 Å². The summed E-state index contributed by atoms with van der Waals surface area (Å²) in [6, 6.07) is 17.1. The van der Waals surface area contributed by atoms with Gasteiger partial charge in [-0.15, -0.1) is 10.2 Å². The zero-order chi connectivity index (χ0) is 26.8. The highest BCUT2D eigenvalue weighted by Gasteiger charge is 2.41. The Kier molecular flexibility index (Phi) is 7.31. The number of methoxy groups -OCH3 is 1. The molecule has 0 saturated heterocycles. The number of allylic oxidation sites excluding steroid dienone is 3. The predicted octanol–water partition coefficient (Wildman–Crippen LogP) is 5.13. The topological polar surface area (TPSA) is 122 Å². The highest BCUT2D eigenvalue weighted by Crippen LogP contribution is 2.47. The van der Waals surface area contributed by atoms with Gasteiger partial charge in [-0.1, -0.05) is 65.1 Å². The van der Waals surface area contributed by atoms with Crippen LogP contribution in [0.5, 0.6) is 5.75 Å². The van der Waals surface area contributed by atoms with Gasteiger partial charge in [-0.2, -0.15) is 5.26 Å². The molecule has 10 heteroatoms. The van der Waals surface area contributed by atoms with Crippen LogP contribution in [0.4, 0.5) is 5.13 Å². The third kappa shape index (κ3) is 4.83. The second kappa shape index (κ2) is 10.8. The first-order valence-corrected chi connectivity index (χ1v) is 13.9. The van der Waals surface area contributed by atoms with Crippen molar-refractivity contribution < 1.29 is 14.3 Å². The zero-order valence-electron chi connectivity index (χ0n) is 20.9. The molecule has 192 valence electrons. The number of rotatable bonds is 7. The number of thioether (sulfide) groups is 1. The first-order chi connectivity index (χ1) is 18.4. The van der Waals surface area contributed by atoms with E-state index in [0.29, 0.717) is 45.6 Å². The predicted molar refractivity (Wildman–Crippen MR) is 147 cm³/mol. The fourth-order valence-electron chi connectivity index (χ4n) is 4.76. The molecule has 0 bridgehead atoms. The number of hydrogen-bond donors (Lipinski definition) is 1. The van der Waals surface area contributed by atoms with Crippen LogP contribution >= 0.6 is 23.1 Å². The Labute approximate surface area is 228 Å². The van der Waals surface area contributed by atoms with Crippen LogP contribution in [0.2, 0.25) is 0 Å². The van der Waals surface area contributed by atoms with Crippen molar-refractivity contribution in [3.05, 3.63) is 87.9 Å². The largest absolute Gasteiger partial charge is 0.497 e. The van der Waals surface area contributed by atoms with E-state index in [-0.39, 0.29) is 28.7 Å². The Morgan fingerprint density at radius 2 is 2.03 bits per heavy atom. The number of hydrogen-bond acceptors (Lipinski definition) is 10. The van der Waals surface area contributed by atoms with Gasteiger partial charge in [0.1, 0.15) is 11.6 Å². The fraction of sp³-hybridized carbons (Fsp3) is 0.250. The lowest BCUT2D eigenvalue weighted by molar-refractivity contribution is -0.116. The molecule has 1 atom stereocenters. The fourth-order valence-corrected chi connectivity index (χ4v) is 6.54. The maximum atomic E-state index is 13.3. The first-order valence-electron chi connectivity index (χ1n) is 12.1. The second-order valence-electron chi connectivity index (χ2n) is 9.02. The molecule has 0 spiro atoms. The van der Waals surface area contributed by atoms with Crippen LogP contribution in [0.1, 0.15) is 46.7 Å². The van der Waals surface area contributed by atoms with Crippen LogP contribution in [0.25, 0.3) is 0 Å². The highest BCUT2D eigenvalue weighted by atomic mass is 32.2. The summed E-state index contributed by atoms with van der Waals surface area (Å²) < 4.78 is 5.99. The molecule has 0 amide bonds. The number of carbonyl (C=O) groups excluding carboxylic acids is 2. The number of Topliss-reactive ketones (excluding diaryl/α,β-unsaturated/α-hetero) is 2. The van der Waals surface area contributed by atoms with E-state index in [2.05, 4.69) is 16.3 Å². The monoisotopic (exact) mass is 543 g/mol. The molecule has 2 aliphatic rings. The van der Waals surface area contributed by atoms with Crippen molar-refractivity contribution in [1.29, 1.82) is 5.26 Å². The summed E-state index contributed by atoms with van der Waals surface area (Å²) in [5, 5.41) is 19.2. The molecular weight excluding hydrogens is 518 g/mol. The van der Waals surface area contributed by atoms with Gasteiger partial charge in [0.2, 0.25) is 5.13 Å². The van der Waals surface area contributed by atoms with Gasteiger partial charge in [0, 0.05) is 23.3 Å². The molecule has 0 saturated carbocycles. The van der Waals surface area contributed by atoms with E-state index in [9.17, 15) is 14.9 Å². The van der Waals surface area contributed by atoms with E-state index in [1.807, 2.05) is 55.5 Å². The molecule has 2 heterocycles. The zero-order valence-corrected chi connectivity index (χ0v) is 22.6. The van der Waals surface area contributed by atoms with Crippen molar-refractivity contribution in [2.24, 2.45) is 5.73 Å². The Balaban J connectivity index is 1.48. The Bertz CT molecular complexity index is 1520. The Morgan fingerprint density at radius 3 is 2.76 bits per heavy atom. The minimum Gasteiger partial charge on any atom is -0.497 e. The number of nitriles is 1. The van der Waals surface area contributed by atoms with E-state index in [4.69, 9.17) is 10.5 Å². The lowest BCUT2D eigenvalue weighted by Crippen LogP contribution is -2.38. The van der Waals surface area contributed by atoms with Gasteiger partial charge < -0.3 is 10.5 Å². The molecule has 0 fully saturated rings. The van der Waals surface area contributed by atoms with Crippen LogP contribution in [0, 0.1) is 18.3 Å². The van der Waals surface area contributed by atoms with Crippen molar-refractivity contribution in [3.63, 3.8) is 0 Å². The Hall–Kier alpha value is -3.94. The van der Waals surface area contributed by atoms with E-state index >= 15 is 0 Å². The summed E-state index contributed by atoms with van der Waals surface area (Å²) >= 11 is 2.58. The molecular formula is C28H25N5O3S2. The highest BCUT2D eigenvalue weighted by molar-refractivity contribution is 8.01. The molecule has 1 aliphatic carbocycles. The van der Waals surface area contributed by atoms with Gasteiger partial charge >= 0.3 is 0 Å². The van der Waals surface area contributed by atoms with E-state index in [1.54, 1.807) is 12.0 Å². The van der Waals surface area contributed by atoms with Gasteiger partial charge in [0.05, 0.1) is 30.4 Å². The van der Waals surface area contributed by atoms with Crippen LogP contribution in [0.3, 0.4) is 0 Å². The van der Waals surface area contributed by atoms with E-state index in [0.717, 1.165) is 16.8 Å². The number of ether oxygens (including phenoxy) is 1. The van der Waals surface area contributed by atoms with Gasteiger partial charge in [-0.25, -0.2) is 0 Å². The van der Waals surface area contributed by atoms with Gasteiger partial charge in [0.15, 0.2) is 15.9 Å². The molecule has 38 heavy (non-hydrogen) atoms. The molecule has 1 aromatic heterocycles. The number of ketones is 2. The summed E-state index contributed by atoms with van der Waals surface area (Å²) in [6.07, 6.45) is 1.71. The molecule has 5 rings (SSSR count). The lowest BCUT2D eigenvalue weighted by atomic mass is 9.76. The molecule has 8 nitrogen and oxygen atoms in total. The molecule has 2 aromatic carbocycles. The molecule has 2 N–H and O–H groups in total. The van der Waals surface area contributed by atoms with Crippen molar-refractivity contribution in [2.45, 2.75) is 36.4 Å². The number of nitrogens with two attached hydrogens (primary N) is 1. The average molecular weight is 544 g/mol. The minimum absolute atomic E-state index is 0.0000909. The first kappa shape index (κ1) is 25.7. The molecule has 1 unspecified atom stereocenters. The smallest absolute Gasteiger partial charge is 0.219 e. The maximum absolute atomic E-state index is 13.3. The van der Waals surface area contributed by atoms with Crippen LogP contribution in [-0.4, -0.2) is 34.6 Å². The maximum Gasteiger partial charge on any atom is 0.219 e. The van der Waals surface area contributed by atoms with Crippen LogP contribution in [0.15, 0.2) is 75.5 Å². The SMILES string of the molecule is COc1cccc(C2C(C#N)=C(N)N(c3nnc(SCC(=O)c4ccc(C)cc4)s3)C3=C2C(=O)CCC3)c1. The normalized spacial score (nSPS) is 17.3. The average Bonchev–Trinajstić information content (AvgIpc) is 3.40. The van der Waals surface area contributed by atoms with Crippen molar-refractivity contribution in [1.82, 2.24) is 10.2 Å². The third-order valence-corrected chi connectivity index (χ3v) is 8.67. The van der Waals surface area contributed by atoms with Gasteiger partial charge in [-0.05, 0) is 37.5 Å². The Morgan fingerprint density at radius 1 is 1.24 bits per heavy atom. The standard InChI is InChI=1S/C28H25N5O3S2/c1-16-9-11-17(12-10-16)23(35)15-37-28-32-31-27(38-28)33-21-7-4-8-22(34)25(21)24(20(14-29)26(33)30)18-5-3-6-19(13-18)36-2/h3,5-6,9-13,24H,4,7-8,15,30H2,1-2H3. The van der Waals surface area contributed by atoms with Crippen molar-refractivity contribution >= 4 is 39.8 Å². The van der Waals surface area contributed by atoms with Crippen LogP contribution in [-0.2, 0) is 4.79 Å². The number of carbonyl (C=O) groups is 2. The van der Waals surface area contributed by atoms with Gasteiger partial charge in [0.25, 0.3) is 0 Å². The number of nitrogens with zero attached hydrogens (tertiary/aromatic N) is 4. The summed E-state index contributed by atoms with van der Waals surface area (Å²) in [5.74, 6) is 0.501. The summed E-state index contributed by atoms with van der Waals surface area (Å²) in [6.45, 7) is 1.98. The summed E-state index contributed by atoms with van der Waals surface area (Å²) in [7, 11) is 1.58. The minimum atomic E-state index is -0.581. The molecule has 3 aromatic rings. The second-order valence-corrected chi connectivity index (χ2v) is 11.2.